The Bertz CT molecular complexity index is 452. The minimum atomic E-state index is -1.01. The van der Waals surface area contributed by atoms with Gasteiger partial charge in [0.15, 0.2) is 11.6 Å². The fourth-order valence-corrected chi connectivity index (χ4v) is 2.13. The summed E-state index contributed by atoms with van der Waals surface area (Å²) < 4.78 is 13.4. The van der Waals surface area contributed by atoms with Gasteiger partial charge in [-0.15, -0.1) is 11.8 Å². The highest BCUT2D eigenvalue weighted by molar-refractivity contribution is 8.04. The molecule has 2 rings (SSSR count). The van der Waals surface area contributed by atoms with Crippen LogP contribution < -0.4 is 4.90 Å². The van der Waals surface area contributed by atoms with Crippen LogP contribution in [-0.2, 0) is 4.79 Å². The first-order valence-electron chi connectivity index (χ1n) is 4.48. The number of halogens is 1. The van der Waals surface area contributed by atoms with Crippen LogP contribution in [0.15, 0.2) is 23.6 Å². The van der Waals surface area contributed by atoms with Gasteiger partial charge in [-0.25, -0.2) is 19.2 Å². The van der Waals surface area contributed by atoms with Crippen LogP contribution in [0.4, 0.5) is 10.2 Å². The quantitative estimate of drug-likeness (QED) is 0.836. The number of aliphatic carboxylic acids is 1. The standard InChI is InChI=1S/C9H8FN3O2S/c10-6-3-11-5-12-8(6)13-1-2-16-7(4-13)9(14)15/h3-5H,1-2H2,(H,14,15). The van der Waals surface area contributed by atoms with Crippen LogP contribution in [0.3, 0.4) is 0 Å². The Morgan fingerprint density at radius 1 is 1.62 bits per heavy atom. The molecule has 16 heavy (non-hydrogen) atoms. The minimum Gasteiger partial charge on any atom is -0.477 e. The van der Waals surface area contributed by atoms with Crippen molar-refractivity contribution in [3.63, 3.8) is 0 Å². The number of aromatic nitrogens is 2. The van der Waals surface area contributed by atoms with E-state index in [0.717, 1.165) is 6.20 Å². The molecule has 0 amide bonds. The van der Waals surface area contributed by atoms with Gasteiger partial charge in [0.1, 0.15) is 11.2 Å². The highest BCUT2D eigenvalue weighted by Crippen LogP contribution is 2.25. The molecule has 1 aromatic rings. The lowest BCUT2D eigenvalue weighted by molar-refractivity contribution is -0.131. The highest BCUT2D eigenvalue weighted by atomic mass is 32.2. The van der Waals surface area contributed by atoms with Crippen LogP contribution in [0, 0.1) is 5.82 Å². The second-order valence-corrected chi connectivity index (χ2v) is 4.17. The minimum absolute atomic E-state index is 0.106. The Labute approximate surface area is 95.0 Å². The molecular formula is C9H8FN3O2S. The summed E-state index contributed by atoms with van der Waals surface area (Å²) in [6.45, 7) is 0.523. The Morgan fingerprint density at radius 3 is 3.12 bits per heavy atom. The summed E-state index contributed by atoms with van der Waals surface area (Å²) >= 11 is 1.23. The summed E-state index contributed by atoms with van der Waals surface area (Å²) in [5, 5.41) is 8.83. The van der Waals surface area contributed by atoms with Crippen molar-refractivity contribution in [1.29, 1.82) is 0 Å². The molecule has 7 heteroatoms. The Balaban J connectivity index is 2.32. The van der Waals surface area contributed by atoms with Crippen molar-refractivity contribution in [2.75, 3.05) is 17.2 Å². The first-order chi connectivity index (χ1) is 7.68. The summed E-state index contributed by atoms with van der Waals surface area (Å²) in [7, 11) is 0. The number of rotatable bonds is 2. The lowest BCUT2D eigenvalue weighted by Gasteiger charge is -2.23. The normalized spacial score (nSPS) is 15.8. The van der Waals surface area contributed by atoms with E-state index in [1.807, 2.05) is 0 Å². The third kappa shape index (κ3) is 2.13. The van der Waals surface area contributed by atoms with Crippen LogP contribution in [0.2, 0.25) is 0 Å². The molecule has 2 heterocycles. The maximum atomic E-state index is 13.4. The van der Waals surface area contributed by atoms with Crippen molar-refractivity contribution in [1.82, 2.24) is 9.97 Å². The molecule has 0 spiro atoms. The summed E-state index contributed by atoms with van der Waals surface area (Å²) in [5.74, 6) is -0.879. The van der Waals surface area contributed by atoms with Gasteiger partial charge in [-0.05, 0) is 0 Å². The zero-order valence-electron chi connectivity index (χ0n) is 8.13. The van der Waals surface area contributed by atoms with Gasteiger partial charge in [-0.1, -0.05) is 0 Å². The van der Waals surface area contributed by atoms with E-state index in [1.165, 1.54) is 29.2 Å². The van der Waals surface area contributed by atoms with E-state index in [0.29, 0.717) is 12.3 Å². The van der Waals surface area contributed by atoms with Crippen LogP contribution >= 0.6 is 11.8 Å². The molecule has 0 saturated heterocycles. The smallest absolute Gasteiger partial charge is 0.343 e. The molecule has 5 nitrogen and oxygen atoms in total. The van der Waals surface area contributed by atoms with Crippen LogP contribution in [0.5, 0.6) is 0 Å². The zero-order valence-corrected chi connectivity index (χ0v) is 8.95. The molecule has 1 N–H and O–H groups in total. The van der Waals surface area contributed by atoms with E-state index >= 15 is 0 Å². The van der Waals surface area contributed by atoms with Crippen LogP contribution in [0.25, 0.3) is 0 Å². The van der Waals surface area contributed by atoms with E-state index in [9.17, 15) is 9.18 Å². The zero-order chi connectivity index (χ0) is 11.5. The molecular weight excluding hydrogens is 233 g/mol. The predicted molar refractivity (Wildman–Crippen MR) is 57.5 cm³/mol. The molecule has 1 aliphatic rings. The molecule has 84 valence electrons. The lowest BCUT2D eigenvalue weighted by atomic mass is 10.4. The first kappa shape index (κ1) is 10.9. The predicted octanol–water partition coefficient (Wildman–Crippen LogP) is 1.09. The fourth-order valence-electron chi connectivity index (χ4n) is 1.30. The second-order valence-electron chi connectivity index (χ2n) is 3.03. The van der Waals surface area contributed by atoms with Gasteiger partial charge in [-0.2, -0.15) is 0 Å². The molecule has 0 fully saturated rings. The van der Waals surface area contributed by atoms with Gasteiger partial charge in [0.05, 0.1) is 6.20 Å². The molecule has 0 radical (unpaired) electrons. The van der Waals surface area contributed by atoms with Gasteiger partial charge >= 0.3 is 5.97 Å². The SMILES string of the molecule is O=C(O)C1=CN(c2ncncc2F)CCS1. The van der Waals surface area contributed by atoms with Gasteiger partial charge < -0.3 is 10.0 Å². The number of hydrogen-bond acceptors (Lipinski definition) is 5. The molecule has 0 aromatic carbocycles. The molecule has 0 atom stereocenters. The first-order valence-corrected chi connectivity index (χ1v) is 5.47. The van der Waals surface area contributed by atoms with E-state index in [4.69, 9.17) is 5.11 Å². The summed E-state index contributed by atoms with van der Waals surface area (Å²) in [6.07, 6.45) is 3.68. The maximum Gasteiger partial charge on any atom is 0.343 e. The average Bonchev–Trinajstić information content (AvgIpc) is 2.30. The summed E-state index contributed by atoms with van der Waals surface area (Å²) in [4.78, 5) is 19.8. The van der Waals surface area contributed by atoms with E-state index in [-0.39, 0.29) is 10.7 Å². The average molecular weight is 241 g/mol. The number of carboxylic acids is 1. The van der Waals surface area contributed by atoms with Gasteiger partial charge in [0.2, 0.25) is 0 Å². The largest absolute Gasteiger partial charge is 0.477 e. The molecule has 0 unspecified atom stereocenters. The topological polar surface area (TPSA) is 66.3 Å². The number of carboxylic acid groups (broad SMARTS) is 1. The second kappa shape index (κ2) is 4.48. The number of carbonyl (C=O) groups is 1. The van der Waals surface area contributed by atoms with Crippen molar-refractivity contribution in [3.8, 4) is 0 Å². The van der Waals surface area contributed by atoms with Crippen molar-refractivity contribution < 1.29 is 14.3 Å². The molecule has 0 bridgehead atoms. The fraction of sp³-hybridized carbons (Fsp3) is 0.222. The summed E-state index contributed by atoms with van der Waals surface area (Å²) in [6, 6.07) is 0. The molecule has 1 aromatic heterocycles. The van der Waals surface area contributed by atoms with Crippen LogP contribution in [0.1, 0.15) is 0 Å². The van der Waals surface area contributed by atoms with Crippen molar-refractivity contribution in [2.24, 2.45) is 0 Å². The molecule has 0 saturated carbocycles. The Morgan fingerprint density at radius 2 is 2.44 bits per heavy atom. The Kier molecular flexibility index (Phi) is 3.04. The number of nitrogens with zero attached hydrogens (tertiary/aromatic N) is 3. The number of anilines is 1. The Hall–Kier alpha value is -1.63. The monoisotopic (exact) mass is 241 g/mol. The van der Waals surface area contributed by atoms with Gasteiger partial charge in [-0.3, -0.25) is 0 Å². The van der Waals surface area contributed by atoms with Crippen molar-refractivity contribution in [2.45, 2.75) is 0 Å². The van der Waals surface area contributed by atoms with Crippen LogP contribution in [-0.4, -0.2) is 33.3 Å². The number of hydrogen-bond donors (Lipinski definition) is 1. The summed E-state index contributed by atoms with van der Waals surface area (Å²) in [5.41, 5.74) is 0. The third-order valence-electron chi connectivity index (χ3n) is 1.99. The van der Waals surface area contributed by atoms with E-state index in [2.05, 4.69) is 9.97 Å². The highest BCUT2D eigenvalue weighted by Gasteiger charge is 2.19. The van der Waals surface area contributed by atoms with Gasteiger partial charge in [0.25, 0.3) is 0 Å². The van der Waals surface area contributed by atoms with E-state index < -0.39 is 11.8 Å². The lowest BCUT2D eigenvalue weighted by Crippen LogP contribution is -2.26. The number of thioether (sulfide) groups is 1. The van der Waals surface area contributed by atoms with Crippen molar-refractivity contribution in [3.05, 3.63) is 29.4 Å². The van der Waals surface area contributed by atoms with E-state index in [1.54, 1.807) is 0 Å². The maximum absolute atomic E-state index is 13.4. The third-order valence-corrected chi connectivity index (χ3v) is 2.97. The molecule has 0 aliphatic carbocycles. The molecule has 1 aliphatic heterocycles. The van der Waals surface area contributed by atoms with Gasteiger partial charge in [0, 0.05) is 18.5 Å². The van der Waals surface area contributed by atoms with Crippen molar-refractivity contribution >= 4 is 23.5 Å².